The summed E-state index contributed by atoms with van der Waals surface area (Å²) in [4.78, 5) is 4.36. The van der Waals surface area contributed by atoms with E-state index >= 15 is 0 Å². The van der Waals surface area contributed by atoms with Gasteiger partial charge in [-0.2, -0.15) is 0 Å². The van der Waals surface area contributed by atoms with Crippen LogP contribution in [0, 0.1) is 12.7 Å². The summed E-state index contributed by atoms with van der Waals surface area (Å²) in [6.45, 7) is 3.49. The van der Waals surface area contributed by atoms with Crippen LogP contribution in [0.3, 0.4) is 0 Å². The predicted molar refractivity (Wildman–Crippen MR) is 72.3 cm³/mol. The summed E-state index contributed by atoms with van der Waals surface area (Å²) in [5, 5.41) is 3.49. The van der Waals surface area contributed by atoms with Crippen molar-refractivity contribution >= 4 is 0 Å². The van der Waals surface area contributed by atoms with E-state index in [0.717, 1.165) is 23.6 Å². The number of nitrogens with zero attached hydrogens (tertiary/aromatic N) is 2. The highest BCUT2D eigenvalue weighted by atomic mass is 19.1. The lowest BCUT2D eigenvalue weighted by Gasteiger charge is -2.11. The smallest absolute Gasteiger partial charge is 0.123 e. The molecular formula is C15H18FN3. The van der Waals surface area contributed by atoms with Gasteiger partial charge in [-0.3, -0.25) is 0 Å². The van der Waals surface area contributed by atoms with E-state index in [9.17, 15) is 4.39 Å². The minimum atomic E-state index is -0.187. The number of nitrogens with one attached hydrogen (secondary N) is 1. The molecule has 0 radical (unpaired) electrons. The van der Waals surface area contributed by atoms with Crippen LogP contribution in [0.4, 0.5) is 4.39 Å². The summed E-state index contributed by atoms with van der Waals surface area (Å²) < 4.78 is 15.4. The van der Waals surface area contributed by atoms with Gasteiger partial charge >= 0.3 is 0 Å². The van der Waals surface area contributed by atoms with Gasteiger partial charge in [0.25, 0.3) is 0 Å². The molecule has 100 valence electrons. The molecular weight excluding hydrogens is 241 g/mol. The Morgan fingerprint density at radius 1 is 1.42 bits per heavy atom. The van der Waals surface area contributed by atoms with Crippen LogP contribution in [0.1, 0.15) is 29.9 Å². The van der Waals surface area contributed by atoms with E-state index in [-0.39, 0.29) is 5.82 Å². The Kier molecular flexibility index (Phi) is 3.34. The first-order chi connectivity index (χ1) is 9.22. The quantitative estimate of drug-likeness (QED) is 0.894. The van der Waals surface area contributed by atoms with Crippen molar-refractivity contribution in [3.05, 3.63) is 53.4 Å². The highest BCUT2D eigenvalue weighted by Gasteiger charge is 2.20. The first kappa shape index (κ1) is 12.4. The van der Waals surface area contributed by atoms with E-state index in [1.54, 1.807) is 12.1 Å². The van der Waals surface area contributed by atoms with Gasteiger partial charge in [0.1, 0.15) is 11.6 Å². The monoisotopic (exact) mass is 259 g/mol. The van der Waals surface area contributed by atoms with Crippen LogP contribution in [0.2, 0.25) is 0 Å². The number of hydrogen-bond donors (Lipinski definition) is 1. The van der Waals surface area contributed by atoms with Gasteiger partial charge in [-0.1, -0.05) is 12.1 Å². The Balaban J connectivity index is 1.76. The molecule has 0 atom stereocenters. The van der Waals surface area contributed by atoms with Gasteiger partial charge in [0.2, 0.25) is 0 Å². The molecule has 1 fully saturated rings. The number of rotatable bonds is 5. The van der Waals surface area contributed by atoms with Crippen molar-refractivity contribution in [3.63, 3.8) is 0 Å². The minimum Gasteiger partial charge on any atom is -0.327 e. The Morgan fingerprint density at radius 3 is 3.00 bits per heavy atom. The van der Waals surface area contributed by atoms with Crippen LogP contribution in [0.15, 0.2) is 30.5 Å². The van der Waals surface area contributed by atoms with Crippen molar-refractivity contribution in [1.29, 1.82) is 0 Å². The molecule has 2 aromatic rings. The van der Waals surface area contributed by atoms with Crippen LogP contribution in [0.25, 0.3) is 0 Å². The number of hydrogen-bond acceptors (Lipinski definition) is 2. The second-order valence-corrected chi connectivity index (χ2v) is 5.17. The van der Waals surface area contributed by atoms with E-state index in [4.69, 9.17) is 0 Å². The average molecular weight is 259 g/mol. The van der Waals surface area contributed by atoms with E-state index in [1.807, 2.05) is 19.2 Å². The Morgan fingerprint density at radius 2 is 2.26 bits per heavy atom. The van der Waals surface area contributed by atoms with Crippen LogP contribution in [-0.4, -0.2) is 15.6 Å². The van der Waals surface area contributed by atoms with Gasteiger partial charge in [-0.15, -0.1) is 0 Å². The molecule has 19 heavy (non-hydrogen) atoms. The average Bonchev–Trinajstić information content (AvgIpc) is 3.15. The van der Waals surface area contributed by atoms with Gasteiger partial charge in [0.05, 0.1) is 5.69 Å². The number of aryl methyl sites for hydroxylation is 1. The molecule has 1 heterocycles. The Hall–Kier alpha value is -1.68. The molecule has 1 aromatic carbocycles. The number of imidazole rings is 1. The maximum absolute atomic E-state index is 13.2. The van der Waals surface area contributed by atoms with E-state index < -0.39 is 0 Å². The highest BCUT2D eigenvalue weighted by Crippen LogP contribution is 2.19. The molecule has 3 rings (SSSR count). The number of halogens is 1. The maximum atomic E-state index is 13.2. The molecule has 0 unspecified atom stereocenters. The summed E-state index contributed by atoms with van der Waals surface area (Å²) in [7, 11) is 0. The molecule has 0 aliphatic heterocycles. The number of benzene rings is 1. The summed E-state index contributed by atoms with van der Waals surface area (Å²) in [5.74, 6) is 0.782. The third-order valence-electron chi connectivity index (χ3n) is 3.52. The molecule has 0 amide bonds. The molecule has 3 nitrogen and oxygen atoms in total. The molecule has 4 heteroatoms. The molecule has 1 aliphatic carbocycles. The Bertz CT molecular complexity index is 573. The third kappa shape index (κ3) is 3.01. The first-order valence-corrected chi connectivity index (χ1v) is 6.71. The van der Waals surface area contributed by atoms with E-state index in [2.05, 4.69) is 14.9 Å². The molecule has 0 spiro atoms. The van der Waals surface area contributed by atoms with Crippen LogP contribution < -0.4 is 5.32 Å². The zero-order valence-electron chi connectivity index (χ0n) is 11.1. The second kappa shape index (κ2) is 5.13. The Labute approximate surface area is 112 Å². The van der Waals surface area contributed by atoms with Gasteiger partial charge in [-0.25, -0.2) is 9.37 Å². The molecule has 0 bridgehead atoms. The zero-order chi connectivity index (χ0) is 13.2. The zero-order valence-corrected chi connectivity index (χ0v) is 11.1. The van der Waals surface area contributed by atoms with E-state index in [1.165, 1.54) is 18.9 Å². The maximum Gasteiger partial charge on any atom is 0.123 e. The van der Waals surface area contributed by atoms with Crippen molar-refractivity contribution in [2.45, 2.75) is 38.9 Å². The number of aromatic nitrogens is 2. The summed E-state index contributed by atoms with van der Waals surface area (Å²) >= 11 is 0. The molecule has 0 saturated heterocycles. The van der Waals surface area contributed by atoms with Crippen LogP contribution in [0.5, 0.6) is 0 Å². The van der Waals surface area contributed by atoms with Crippen molar-refractivity contribution in [1.82, 2.24) is 14.9 Å². The van der Waals surface area contributed by atoms with Gasteiger partial charge in [0, 0.05) is 25.3 Å². The van der Waals surface area contributed by atoms with Gasteiger partial charge in [-0.05, 0) is 37.5 Å². The first-order valence-electron chi connectivity index (χ1n) is 6.71. The second-order valence-electron chi connectivity index (χ2n) is 5.17. The predicted octanol–water partition coefficient (Wildman–Crippen LogP) is 2.63. The lowest BCUT2D eigenvalue weighted by molar-refractivity contribution is 0.612. The normalized spacial score (nSPS) is 14.8. The fourth-order valence-electron chi connectivity index (χ4n) is 2.23. The summed E-state index contributed by atoms with van der Waals surface area (Å²) in [6, 6.07) is 7.43. The van der Waals surface area contributed by atoms with Crippen molar-refractivity contribution in [2.75, 3.05) is 0 Å². The van der Waals surface area contributed by atoms with Crippen molar-refractivity contribution in [2.24, 2.45) is 0 Å². The van der Waals surface area contributed by atoms with Crippen molar-refractivity contribution < 1.29 is 4.39 Å². The van der Waals surface area contributed by atoms with Crippen LogP contribution in [-0.2, 0) is 13.1 Å². The topological polar surface area (TPSA) is 29.9 Å². The summed E-state index contributed by atoms with van der Waals surface area (Å²) in [6.07, 6.45) is 4.46. The fraction of sp³-hybridized carbons (Fsp3) is 0.400. The van der Waals surface area contributed by atoms with E-state index in [0.29, 0.717) is 12.6 Å². The van der Waals surface area contributed by atoms with Crippen molar-refractivity contribution in [3.8, 4) is 0 Å². The molecule has 1 aromatic heterocycles. The lowest BCUT2D eigenvalue weighted by Crippen LogP contribution is -2.18. The molecule has 1 aliphatic rings. The minimum absolute atomic E-state index is 0.187. The lowest BCUT2D eigenvalue weighted by atomic mass is 10.2. The molecule has 1 N–H and O–H groups in total. The third-order valence-corrected chi connectivity index (χ3v) is 3.52. The molecule has 1 saturated carbocycles. The largest absolute Gasteiger partial charge is 0.327 e. The SMILES string of the molecule is Cc1ncc(CNC2CC2)n1Cc1cccc(F)c1. The standard InChI is InChI=1S/C15H18FN3/c1-11-17-8-15(9-18-14-5-6-14)19(11)10-12-3-2-4-13(16)7-12/h2-4,7-8,14,18H,5-6,9-10H2,1H3. The van der Waals surface area contributed by atoms with Gasteiger partial charge in [0.15, 0.2) is 0 Å². The van der Waals surface area contributed by atoms with Gasteiger partial charge < -0.3 is 9.88 Å². The van der Waals surface area contributed by atoms with Crippen LogP contribution >= 0.6 is 0 Å². The fourth-order valence-corrected chi connectivity index (χ4v) is 2.23. The highest BCUT2D eigenvalue weighted by molar-refractivity contribution is 5.18. The summed E-state index contributed by atoms with van der Waals surface area (Å²) in [5.41, 5.74) is 2.13.